The summed E-state index contributed by atoms with van der Waals surface area (Å²) in [6.45, 7) is 1.47. The van der Waals surface area contributed by atoms with Gasteiger partial charge in [0.05, 0.1) is 18.3 Å². The number of carbonyl (C=O) groups excluding carboxylic acids is 1. The lowest BCUT2D eigenvalue weighted by Gasteiger charge is -2.29. The molecule has 0 saturated carbocycles. The first-order chi connectivity index (χ1) is 12.0. The molecular formula is C19H19N3O3. The van der Waals surface area contributed by atoms with Crippen molar-refractivity contribution < 1.29 is 15.0 Å². The second kappa shape index (κ2) is 6.78. The Balaban J connectivity index is 1.79. The Morgan fingerprint density at radius 1 is 1.12 bits per heavy atom. The van der Waals surface area contributed by atoms with Gasteiger partial charge >= 0.3 is 0 Å². The molecule has 3 aromatic rings. The van der Waals surface area contributed by atoms with E-state index in [9.17, 15) is 15.0 Å². The van der Waals surface area contributed by atoms with Gasteiger partial charge in [-0.15, -0.1) is 0 Å². The molecule has 1 heterocycles. The van der Waals surface area contributed by atoms with Crippen LogP contribution < -0.4 is 5.32 Å². The van der Waals surface area contributed by atoms with Crippen LogP contribution in [0.25, 0.3) is 11.1 Å². The van der Waals surface area contributed by atoms with Gasteiger partial charge in [-0.2, -0.15) is 5.10 Å². The van der Waals surface area contributed by atoms with Crippen LogP contribution in [0.4, 0.5) is 0 Å². The lowest BCUT2D eigenvalue weighted by atomic mass is 9.92. The standard InChI is InChI=1S/C19H19N3O3/c1-19(12-23,16-6-8-17(24)9-7-16)22-18(25)14-4-2-13(3-5-14)15-10-20-21-11-15/h2-11,23-24H,12H2,1H3,(H,20,21)(H,22,25). The highest BCUT2D eigenvalue weighted by atomic mass is 16.3. The van der Waals surface area contributed by atoms with E-state index in [0.29, 0.717) is 11.1 Å². The number of carbonyl (C=O) groups is 1. The first kappa shape index (κ1) is 16.7. The average Bonchev–Trinajstić information content (AvgIpc) is 3.17. The van der Waals surface area contributed by atoms with Crippen molar-refractivity contribution in [2.45, 2.75) is 12.5 Å². The molecule has 1 aromatic heterocycles. The van der Waals surface area contributed by atoms with Crippen LogP contribution in [0.5, 0.6) is 5.75 Å². The number of benzene rings is 2. The fourth-order valence-electron chi connectivity index (χ4n) is 2.58. The van der Waals surface area contributed by atoms with Crippen LogP contribution in [-0.4, -0.2) is 32.9 Å². The van der Waals surface area contributed by atoms with Crippen molar-refractivity contribution >= 4 is 5.91 Å². The van der Waals surface area contributed by atoms with Crippen molar-refractivity contribution in [2.75, 3.05) is 6.61 Å². The van der Waals surface area contributed by atoms with Crippen LogP contribution in [0.3, 0.4) is 0 Å². The summed E-state index contributed by atoms with van der Waals surface area (Å²) in [5.74, 6) is -0.159. The van der Waals surface area contributed by atoms with Gasteiger partial charge in [-0.3, -0.25) is 9.89 Å². The summed E-state index contributed by atoms with van der Waals surface area (Å²) in [5, 5.41) is 28.7. The van der Waals surface area contributed by atoms with E-state index in [0.717, 1.165) is 11.1 Å². The molecule has 0 aliphatic carbocycles. The molecule has 0 bridgehead atoms. The van der Waals surface area contributed by atoms with Gasteiger partial charge in [0.1, 0.15) is 5.75 Å². The zero-order chi connectivity index (χ0) is 17.9. The molecule has 1 unspecified atom stereocenters. The summed E-state index contributed by atoms with van der Waals surface area (Å²) in [4.78, 5) is 12.6. The number of hydrogen-bond acceptors (Lipinski definition) is 4. The number of aromatic nitrogens is 2. The summed E-state index contributed by atoms with van der Waals surface area (Å²) < 4.78 is 0. The molecule has 4 N–H and O–H groups in total. The Kier molecular flexibility index (Phi) is 4.54. The molecule has 3 rings (SSSR count). The summed E-state index contributed by atoms with van der Waals surface area (Å²) in [7, 11) is 0. The molecule has 0 spiro atoms. The van der Waals surface area contributed by atoms with Crippen LogP contribution in [0.2, 0.25) is 0 Å². The summed E-state index contributed by atoms with van der Waals surface area (Å²) in [5.41, 5.74) is 2.14. The number of hydrogen-bond donors (Lipinski definition) is 4. The van der Waals surface area contributed by atoms with Gasteiger partial charge in [0, 0.05) is 17.3 Å². The van der Waals surface area contributed by atoms with E-state index in [1.807, 2.05) is 12.1 Å². The summed E-state index contributed by atoms with van der Waals surface area (Å²) >= 11 is 0. The average molecular weight is 337 g/mol. The van der Waals surface area contributed by atoms with Crippen molar-refractivity contribution in [1.82, 2.24) is 15.5 Å². The predicted molar refractivity (Wildman–Crippen MR) is 94.0 cm³/mol. The van der Waals surface area contributed by atoms with E-state index in [1.54, 1.807) is 43.6 Å². The molecule has 6 heteroatoms. The van der Waals surface area contributed by atoms with E-state index in [4.69, 9.17) is 0 Å². The molecule has 128 valence electrons. The highest BCUT2D eigenvalue weighted by Gasteiger charge is 2.28. The van der Waals surface area contributed by atoms with Crippen LogP contribution in [-0.2, 0) is 5.54 Å². The predicted octanol–water partition coefficient (Wildman–Crippen LogP) is 2.42. The van der Waals surface area contributed by atoms with Crippen molar-refractivity contribution in [2.24, 2.45) is 0 Å². The van der Waals surface area contributed by atoms with Crippen molar-refractivity contribution in [3.05, 3.63) is 72.1 Å². The number of aromatic amines is 1. The molecule has 1 amide bonds. The molecule has 25 heavy (non-hydrogen) atoms. The third kappa shape index (κ3) is 3.54. The van der Waals surface area contributed by atoms with Crippen molar-refractivity contribution in [1.29, 1.82) is 0 Å². The first-order valence-electron chi connectivity index (χ1n) is 7.84. The van der Waals surface area contributed by atoms with Gasteiger partial charge in [0.2, 0.25) is 0 Å². The van der Waals surface area contributed by atoms with Gasteiger partial charge in [0.25, 0.3) is 5.91 Å². The molecule has 0 saturated heterocycles. The molecule has 1 atom stereocenters. The van der Waals surface area contributed by atoms with Crippen molar-refractivity contribution in [3.63, 3.8) is 0 Å². The van der Waals surface area contributed by atoms with Gasteiger partial charge in [-0.1, -0.05) is 24.3 Å². The van der Waals surface area contributed by atoms with E-state index >= 15 is 0 Å². The Hall–Kier alpha value is -3.12. The fourth-order valence-corrected chi connectivity index (χ4v) is 2.58. The number of aliphatic hydroxyl groups is 1. The van der Waals surface area contributed by atoms with E-state index in [-0.39, 0.29) is 18.3 Å². The number of nitrogens with one attached hydrogen (secondary N) is 2. The molecule has 6 nitrogen and oxygen atoms in total. The second-order valence-electron chi connectivity index (χ2n) is 6.06. The third-order valence-electron chi connectivity index (χ3n) is 4.19. The smallest absolute Gasteiger partial charge is 0.252 e. The normalized spacial score (nSPS) is 13.2. The lowest BCUT2D eigenvalue weighted by Crippen LogP contribution is -2.46. The number of rotatable bonds is 5. The topological polar surface area (TPSA) is 98.2 Å². The highest BCUT2D eigenvalue weighted by molar-refractivity contribution is 5.95. The van der Waals surface area contributed by atoms with E-state index in [1.165, 1.54) is 12.1 Å². The molecular weight excluding hydrogens is 318 g/mol. The number of phenols is 1. The largest absolute Gasteiger partial charge is 0.508 e. The Morgan fingerprint density at radius 3 is 2.36 bits per heavy atom. The van der Waals surface area contributed by atoms with Gasteiger partial charge in [-0.05, 0) is 42.3 Å². The number of phenolic OH excluding ortho intramolecular Hbond substituents is 1. The Labute approximate surface area is 145 Å². The maximum atomic E-state index is 12.6. The van der Waals surface area contributed by atoms with Gasteiger partial charge < -0.3 is 15.5 Å². The number of aromatic hydroxyl groups is 1. The Bertz CT molecular complexity index is 843. The summed E-state index contributed by atoms with van der Waals surface area (Å²) in [6, 6.07) is 13.5. The minimum absolute atomic E-state index is 0.130. The molecule has 2 aromatic carbocycles. The first-order valence-corrected chi connectivity index (χ1v) is 7.84. The van der Waals surface area contributed by atoms with Crippen LogP contribution >= 0.6 is 0 Å². The van der Waals surface area contributed by atoms with Crippen LogP contribution in [0.15, 0.2) is 60.9 Å². The number of aliphatic hydroxyl groups excluding tert-OH is 1. The van der Waals surface area contributed by atoms with Crippen LogP contribution in [0, 0.1) is 0 Å². The van der Waals surface area contributed by atoms with Gasteiger partial charge in [-0.25, -0.2) is 0 Å². The second-order valence-corrected chi connectivity index (χ2v) is 6.06. The zero-order valence-corrected chi connectivity index (χ0v) is 13.7. The molecule has 0 fully saturated rings. The quantitative estimate of drug-likeness (QED) is 0.575. The van der Waals surface area contributed by atoms with Gasteiger partial charge in [0.15, 0.2) is 0 Å². The summed E-state index contributed by atoms with van der Waals surface area (Å²) in [6.07, 6.45) is 3.49. The molecule has 0 radical (unpaired) electrons. The number of nitrogens with zero attached hydrogens (tertiary/aromatic N) is 1. The SMILES string of the molecule is CC(CO)(NC(=O)c1ccc(-c2cn[nH]c2)cc1)c1ccc(O)cc1. The molecule has 0 aliphatic heterocycles. The highest BCUT2D eigenvalue weighted by Crippen LogP contribution is 2.24. The lowest BCUT2D eigenvalue weighted by molar-refractivity contribution is 0.0849. The maximum absolute atomic E-state index is 12.6. The van der Waals surface area contributed by atoms with E-state index in [2.05, 4.69) is 15.5 Å². The van der Waals surface area contributed by atoms with Crippen molar-refractivity contribution in [3.8, 4) is 16.9 Å². The monoisotopic (exact) mass is 337 g/mol. The third-order valence-corrected chi connectivity index (χ3v) is 4.19. The number of amides is 1. The minimum atomic E-state index is -0.950. The van der Waals surface area contributed by atoms with Crippen LogP contribution in [0.1, 0.15) is 22.8 Å². The maximum Gasteiger partial charge on any atom is 0.252 e. The minimum Gasteiger partial charge on any atom is -0.508 e. The zero-order valence-electron chi connectivity index (χ0n) is 13.7. The number of H-pyrrole nitrogens is 1. The van der Waals surface area contributed by atoms with E-state index < -0.39 is 5.54 Å². The fraction of sp³-hybridized carbons (Fsp3) is 0.158. The Morgan fingerprint density at radius 2 is 1.80 bits per heavy atom. The molecule has 0 aliphatic rings.